The molecule has 3 nitrogen and oxygen atoms in total. The van der Waals surface area contributed by atoms with Gasteiger partial charge in [0.05, 0.1) is 12.1 Å². The first-order valence-electron chi connectivity index (χ1n) is 4.78. The van der Waals surface area contributed by atoms with Crippen LogP contribution in [0.15, 0.2) is 38.9 Å². The van der Waals surface area contributed by atoms with Gasteiger partial charge in [0.2, 0.25) is 0 Å². The Morgan fingerprint density at radius 2 is 2.29 bits per heavy atom. The summed E-state index contributed by atoms with van der Waals surface area (Å²) in [5.41, 5.74) is 0.545. The highest BCUT2D eigenvalue weighted by Gasteiger charge is 2.10. The number of nitrogens with zero attached hydrogens (tertiary/aromatic N) is 1. The molecule has 2 heterocycles. The summed E-state index contributed by atoms with van der Waals surface area (Å²) >= 11 is 8.23. The number of hydrogen-bond acceptors (Lipinski definition) is 3. The van der Waals surface area contributed by atoms with Crippen molar-refractivity contribution in [1.82, 2.24) is 10.3 Å². The van der Waals surface area contributed by atoms with Gasteiger partial charge in [-0.1, -0.05) is 0 Å². The maximum Gasteiger partial charge on any atom is 0.254 e. The molecule has 0 aromatic carbocycles. The smallest absolute Gasteiger partial charge is 0.254 e. The minimum absolute atomic E-state index is 0.130. The van der Waals surface area contributed by atoms with E-state index in [2.05, 4.69) is 42.2 Å². The van der Waals surface area contributed by atoms with Gasteiger partial charge in [-0.2, -0.15) is 0 Å². The van der Waals surface area contributed by atoms with E-state index in [4.69, 9.17) is 0 Å². The molecule has 2 aromatic rings. The first kappa shape index (κ1) is 12.7. The summed E-state index contributed by atoms with van der Waals surface area (Å²) < 4.78 is 1.60. The second kappa shape index (κ2) is 5.75. The van der Waals surface area contributed by atoms with Crippen LogP contribution in [0.4, 0.5) is 0 Å². The predicted octanol–water partition coefficient (Wildman–Crippen LogP) is 3.60. The molecule has 0 saturated carbocycles. The number of nitrogens with one attached hydrogen (secondary N) is 1. The zero-order valence-corrected chi connectivity index (χ0v) is 12.6. The number of amides is 1. The molecular formula is C11H8Br2N2OS. The van der Waals surface area contributed by atoms with Crippen LogP contribution in [-0.2, 0) is 6.54 Å². The van der Waals surface area contributed by atoms with Crippen molar-refractivity contribution in [1.29, 1.82) is 0 Å². The molecule has 0 aliphatic carbocycles. The third-order valence-corrected chi connectivity index (χ3v) is 4.38. The van der Waals surface area contributed by atoms with Crippen LogP contribution in [0, 0.1) is 0 Å². The number of rotatable bonds is 3. The quantitative estimate of drug-likeness (QED) is 0.832. The first-order chi connectivity index (χ1) is 8.16. The van der Waals surface area contributed by atoms with Gasteiger partial charge in [-0.15, -0.1) is 11.3 Å². The lowest BCUT2D eigenvalue weighted by molar-refractivity contribution is 0.0950. The van der Waals surface area contributed by atoms with Crippen molar-refractivity contribution in [2.24, 2.45) is 0 Å². The molecule has 0 bridgehead atoms. The van der Waals surface area contributed by atoms with Crippen molar-refractivity contribution in [2.45, 2.75) is 6.54 Å². The van der Waals surface area contributed by atoms with Gasteiger partial charge in [0.15, 0.2) is 0 Å². The van der Waals surface area contributed by atoms with Crippen LogP contribution in [0.2, 0.25) is 0 Å². The Morgan fingerprint density at radius 3 is 2.94 bits per heavy atom. The second-order valence-corrected chi connectivity index (χ2v) is 5.92. The highest BCUT2D eigenvalue weighted by atomic mass is 79.9. The number of hydrogen-bond donors (Lipinski definition) is 1. The van der Waals surface area contributed by atoms with E-state index in [0.717, 1.165) is 9.35 Å². The van der Waals surface area contributed by atoms with Gasteiger partial charge in [-0.05, 0) is 50.1 Å². The lowest BCUT2D eigenvalue weighted by Crippen LogP contribution is -2.22. The normalized spacial score (nSPS) is 10.2. The van der Waals surface area contributed by atoms with Crippen molar-refractivity contribution in [3.63, 3.8) is 0 Å². The Morgan fingerprint density at radius 1 is 1.47 bits per heavy atom. The second-order valence-electron chi connectivity index (χ2n) is 3.26. The molecular weight excluding hydrogens is 368 g/mol. The van der Waals surface area contributed by atoms with Crippen molar-refractivity contribution in [3.05, 3.63) is 49.3 Å². The van der Waals surface area contributed by atoms with Crippen LogP contribution < -0.4 is 5.32 Å². The molecule has 6 heteroatoms. The fourth-order valence-electron chi connectivity index (χ4n) is 1.26. The van der Waals surface area contributed by atoms with Gasteiger partial charge in [0, 0.05) is 20.9 Å². The minimum atomic E-state index is -0.130. The number of thiophene rings is 1. The molecule has 0 atom stereocenters. The Bertz CT molecular complexity index is 542. The maximum absolute atomic E-state index is 11.9. The highest BCUT2D eigenvalue weighted by molar-refractivity contribution is 9.10. The van der Waals surface area contributed by atoms with Crippen LogP contribution >= 0.6 is 43.2 Å². The summed E-state index contributed by atoms with van der Waals surface area (Å²) in [7, 11) is 0. The van der Waals surface area contributed by atoms with Crippen molar-refractivity contribution >= 4 is 49.1 Å². The van der Waals surface area contributed by atoms with Crippen LogP contribution in [0.1, 0.15) is 15.2 Å². The van der Waals surface area contributed by atoms with E-state index in [0.29, 0.717) is 16.7 Å². The molecule has 0 fully saturated rings. The molecule has 0 radical (unpaired) electrons. The molecule has 88 valence electrons. The average Bonchev–Trinajstić information content (AvgIpc) is 2.73. The summed E-state index contributed by atoms with van der Waals surface area (Å²) in [6, 6.07) is 5.46. The van der Waals surface area contributed by atoms with Crippen molar-refractivity contribution in [3.8, 4) is 0 Å². The molecule has 2 rings (SSSR count). The number of carbonyl (C=O) groups is 1. The SMILES string of the molecule is O=C(NCc1cc(Br)cs1)c1cccnc1Br. The Kier molecular flexibility index (Phi) is 4.31. The zero-order valence-electron chi connectivity index (χ0n) is 8.61. The van der Waals surface area contributed by atoms with E-state index in [1.807, 2.05) is 11.4 Å². The standard InChI is InChI=1S/C11H8Br2N2OS/c12-7-4-8(17-6-7)5-15-11(16)9-2-1-3-14-10(9)13/h1-4,6H,5H2,(H,15,16). The molecule has 0 spiro atoms. The summed E-state index contributed by atoms with van der Waals surface area (Å²) in [6.07, 6.45) is 1.64. The summed E-state index contributed by atoms with van der Waals surface area (Å²) in [6.45, 7) is 0.524. The molecule has 17 heavy (non-hydrogen) atoms. The Labute approximate surface area is 120 Å². The van der Waals surface area contributed by atoms with E-state index < -0.39 is 0 Å². The molecule has 1 N–H and O–H groups in total. The van der Waals surface area contributed by atoms with Crippen molar-refractivity contribution < 1.29 is 4.79 Å². The van der Waals surface area contributed by atoms with Gasteiger partial charge in [-0.3, -0.25) is 4.79 Å². The molecule has 2 aromatic heterocycles. The van der Waals surface area contributed by atoms with E-state index in [1.54, 1.807) is 29.7 Å². The third kappa shape index (κ3) is 3.37. The van der Waals surface area contributed by atoms with Gasteiger partial charge < -0.3 is 5.32 Å². The topological polar surface area (TPSA) is 42.0 Å². The minimum Gasteiger partial charge on any atom is -0.347 e. The summed E-state index contributed by atoms with van der Waals surface area (Å²) in [5, 5.41) is 4.84. The summed E-state index contributed by atoms with van der Waals surface area (Å²) in [5.74, 6) is -0.130. The van der Waals surface area contributed by atoms with Crippen LogP contribution in [0.25, 0.3) is 0 Å². The fraction of sp³-hybridized carbons (Fsp3) is 0.0909. The van der Waals surface area contributed by atoms with E-state index in [9.17, 15) is 4.79 Å². The highest BCUT2D eigenvalue weighted by Crippen LogP contribution is 2.19. The lowest BCUT2D eigenvalue weighted by Gasteiger charge is -2.04. The average molecular weight is 376 g/mol. The Hall–Kier alpha value is -0.720. The predicted molar refractivity (Wildman–Crippen MR) is 75.1 cm³/mol. The maximum atomic E-state index is 11.9. The van der Waals surface area contributed by atoms with Crippen LogP contribution in [-0.4, -0.2) is 10.9 Å². The zero-order chi connectivity index (χ0) is 12.3. The monoisotopic (exact) mass is 374 g/mol. The van der Waals surface area contributed by atoms with Gasteiger partial charge >= 0.3 is 0 Å². The third-order valence-electron chi connectivity index (χ3n) is 2.05. The van der Waals surface area contributed by atoms with E-state index in [-0.39, 0.29) is 5.91 Å². The van der Waals surface area contributed by atoms with Gasteiger partial charge in [0.1, 0.15) is 4.60 Å². The molecule has 0 aliphatic heterocycles. The van der Waals surface area contributed by atoms with Gasteiger partial charge in [0.25, 0.3) is 5.91 Å². The number of pyridine rings is 1. The molecule has 0 unspecified atom stereocenters. The number of aromatic nitrogens is 1. The summed E-state index contributed by atoms with van der Waals surface area (Å²) in [4.78, 5) is 17.0. The molecule has 1 amide bonds. The first-order valence-corrected chi connectivity index (χ1v) is 7.25. The van der Waals surface area contributed by atoms with Crippen molar-refractivity contribution in [2.75, 3.05) is 0 Å². The lowest BCUT2D eigenvalue weighted by atomic mass is 10.2. The van der Waals surface area contributed by atoms with E-state index >= 15 is 0 Å². The largest absolute Gasteiger partial charge is 0.347 e. The number of carbonyl (C=O) groups excluding carboxylic acids is 1. The fourth-order valence-corrected chi connectivity index (χ4v) is 3.09. The molecule has 0 saturated heterocycles. The number of halogens is 2. The van der Waals surface area contributed by atoms with Crippen LogP contribution in [0.5, 0.6) is 0 Å². The van der Waals surface area contributed by atoms with E-state index in [1.165, 1.54) is 0 Å². The van der Waals surface area contributed by atoms with Gasteiger partial charge in [-0.25, -0.2) is 4.98 Å². The molecule has 0 aliphatic rings. The Balaban J connectivity index is 2.01. The van der Waals surface area contributed by atoms with Crippen LogP contribution in [0.3, 0.4) is 0 Å².